The van der Waals surface area contributed by atoms with E-state index < -0.39 is 17.5 Å². The van der Waals surface area contributed by atoms with Gasteiger partial charge in [0.05, 0.1) is 0 Å². The Morgan fingerprint density at radius 2 is 1.90 bits per heavy atom. The van der Waals surface area contributed by atoms with Crippen molar-refractivity contribution < 1.29 is 13.2 Å². The summed E-state index contributed by atoms with van der Waals surface area (Å²) in [5.41, 5.74) is 0.228. The van der Waals surface area contributed by atoms with Gasteiger partial charge in [-0.3, -0.25) is 4.90 Å². The summed E-state index contributed by atoms with van der Waals surface area (Å²) in [7, 11) is 0. The maximum absolute atomic E-state index is 13.7. The largest absolute Gasteiger partial charge is 0.314 e. The first-order valence-corrected chi connectivity index (χ1v) is 7.55. The molecule has 1 heterocycles. The highest BCUT2D eigenvalue weighted by molar-refractivity contribution is 5.20. The number of piperidine rings is 1. The minimum Gasteiger partial charge on any atom is -0.314 e. The van der Waals surface area contributed by atoms with E-state index in [9.17, 15) is 13.2 Å². The van der Waals surface area contributed by atoms with Gasteiger partial charge in [-0.2, -0.15) is 0 Å². The molecule has 1 aliphatic rings. The van der Waals surface area contributed by atoms with Crippen LogP contribution >= 0.6 is 0 Å². The van der Waals surface area contributed by atoms with Crippen molar-refractivity contribution in [3.8, 4) is 0 Å². The molecule has 0 radical (unpaired) electrons. The fourth-order valence-corrected chi connectivity index (χ4v) is 2.79. The second-order valence-corrected chi connectivity index (χ2v) is 6.16. The molecule has 1 unspecified atom stereocenters. The molecule has 0 spiro atoms. The predicted octanol–water partition coefficient (Wildman–Crippen LogP) is 3.31. The van der Waals surface area contributed by atoms with Crippen LogP contribution in [0.5, 0.6) is 0 Å². The van der Waals surface area contributed by atoms with Crippen molar-refractivity contribution in [2.45, 2.75) is 39.3 Å². The summed E-state index contributed by atoms with van der Waals surface area (Å²) in [5, 5.41) is 3.42. The quantitative estimate of drug-likeness (QED) is 0.839. The highest BCUT2D eigenvalue weighted by atomic mass is 19.2. The third kappa shape index (κ3) is 4.71. The average Bonchev–Trinajstić information content (AvgIpc) is 2.43. The summed E-state index contributed by atoms with van der Waals surface area (Å²) in [6.07, 6.45) is 2.20. The third-order valence-corrected chi connectivity index (χ3v) is 3.90. The van der Waals surface area contributed by atoms with Crippen LogP contribution < -0.4 is 5.32 Å². The topological polar surface area (TPSA) is 15.3 Å². The van der Waals surface area contributed by atoms with Crippen molar-refractivity contribution in [2.75, 3.05) is 19.6 Å². The molecule has 0 bridgehead atoms. The zero-order valence-electron chi connectivity index (χ0n) is 12.6. The van der Waals surface area contributed by atoms with E-state index in [0.29, 0.717) is 24.6 Å². The summed E-state index contributed by atoms with van der Waals surface area (Å²) >= 11 is 0. The van der Waals surface area contributed by atoms with Crippen molar-refractivity contribution >= 4 is 0 Å². The normalized spacial score (nSPS) is 20.2. The summed E-state index contributed by atoms with van der Waals surface area (Å²) in [4.78, 5) is 2.12. The molecule has 1 aromatic carbocycles. The van der Waals surface area contributed by atoms with Crippen molar-refractivity contribution in [2.24, 2.45) is 5.92 Å². The molecule has 0 aromatic heterocycles. The Kier molecular flexibility index (Phi) is 5.65. The van der Waals surface area contributed by atoms with Gasteiger partial charge in [0.25, 0.3) is 0 Å². The molecule has 21 heavy (non-hydrogen) atoms. The van der Waals surface area contributed by atoms with Gasteiger partial charge >= 0.3 is 0 Å². The monoisotopic (exact) mass is 300 g/mol. The van der Waals surface area contributed by atoms with Gasteiger partial charge in [0.1, 0.15) is 5.82 Å². The lowest BCUT2D eigenvalue weighted by Gasteiger charge is -2.33. The standard InChI is InChI=1S/C16H23F3N2/c1-11(2)20-8-12-4-3-5-21(9-12)10-13-6-15(18)16(19)7-14(13)17/h6-7,11-12,20H,3-5,8-10H2,1-2H3. The molecule has 1 saturated heterocycles. The molecule has 2 nitrogen and oxygen atoms in total. The summed E-state index contributed by atoms with van der Waals surface area (Å²) in [5.74, 6) is -2.26. The van der Waals surface area contributed by atoms with Gasteiger partial charge in [0.15, 0.2) is 11.6 Å². The second kappa shape index (κ2) is 7.27. The molecule has 1 atom stereocenters. The lowest BCUT2D eigenvalue weighted by atomic mass is 9.97. The molecule has 0 aliphatic carbocycles. The van der Waals surface area contributed by atoms with Crippen LogP contribution in [0.4, 0.5) is 13.2 Å². The second-order valence-electron chi connectivity index (χ2n) is 6.16. The van der Waals surface area contributed by atoms with Gasteiger partial charge in [0, 0.05) is 30.8 Å². The van der Waals surface area contributed by atoms with E-state index >= 15 is 0 Å². The van der Waals surface area contributed by atoms with Crippen LogP contribution in [0, 0.1) is 23.4 Å². The number of hydrogen-bond acceptors (Lipinski definition) is 2. The van der Waals surface area contributed by atoms with Crippen molar-refractivity contribution in [3.05, 3.63) is 35.1 Å². The highest BCUT2D eigenvalue weighted by Gasteiger charge is 2.21. The fourth-order valence-electron chi connectivity index (χ4n) is 2.79. The molecule has 118 valence electrons. The van der Waals surface area contributed by atoms with E-state index in [1.54, 1.807) is 0 Å². The maximum Gasteiger partial charge on any atom is 0.161 e. The van der Waals surface area contributed by atoms with Gasteiger partial charge in [0.2, 0.25) is 0 Å². The zero-order chi connectivity index (χ0) is 15.4. The summed E-state index contributed by atoms with van der Waals surface area (Å²) in [6.45, 7) is 7.22. The minimum absolute atomic E-state index is 0.228. The van der Waals surface area contributed by atoms with Crippen molar-refractivity contribution in [3.63, 3.8) is 0 Å². The zero-order valence-corrected chi connectivity index (χ0v) is 12.6. The molecule has 0 amide bonds. The number of likely N-dealkylation sites (tertiary alicyclic amines) is 1. The van der Waals surface area contributed by atoms with Crippen LogP contribution in [0.15, 0.2) is 12.1 Å². The smallest absolute Gasteiger partial charge is 0.161 e. The van der Waals surface area contributed by atoms with Crippen LogP contribution in [0.25, 0.3) is 0 Å². The summed E-state index contributed by atoms with van der Waals surface area (Å²) in [6, 6.07) is 2.05. The van der Waals surface area contributed by atoms with E-state index in [4.69, 9.17) is 0 Å². The van der Waals surface area contributed by atoms with Crippen LogP contribution in [-0.4, -0.2) is 30.6 Å². The third-order valence-electron chi connectivity index (χ3n) is 3.90. The Morgan fingerprint density at radius 3 is 2.62 bits per heavy atom. The van der Waals surface area contributed by atoms with Crippen LogP contribution in [0.2, 0.25) is 0 Å². The molecule has 1 aliphatic heterocycles. The van der Waals surface area contributed by atoms with Crippen LogP contribution in [0.1, 0.15) is 32.3 Å². The Labute approximate surface area is 124 Å². The van der Waals surface area contributed by atoms with Gasteiger partial charge in [-0.05, 0) is 37.9 Å². The van der Waals surface area contributed by atoms with Gasteiger partial charge in [-0.1, -0.05) is 13.8 Å². The van der Waals surface area contributed by atoms with E-state index in [-0.39, 0.29) is 5.56 Å². The van der Waals surface area contributed by atoms with E-state index in [1.807, 2.05) is 0 Å². The molecular formula is C16H23F3N2. The van der Waals surface area contributed by atoms with Crippen molar-refractivity contribution in [1.82, 2.24) is 10.2 Å². The number of halogens is 3. The van der Waals surface area contributed by atoms with E-state index in [1.165, 1.54) is 0 Å². The summed E-state index contributed by atoms with van der Waals surface area (Å²) < 4.78 is 39.9. The Balaban J connectivity index is 1.95. The van der Waals surface area contributed by atoms with Gasteiger partial charge in [-0.25, -0.2) is 13.2 Å². The first-order chi connectivity index (χ1) is 9.95. The molecule has 1 aromatic rings. The van der Waals surface area contributed by atoms with Crippen LogP contribution in [-0.2, 0) is 6.54 Å². The molecule has 2 rings (SSSR count). The molecule has 5 heteroatoms. The molecule has 1 fully saturated rings. The van der Waals surface area contributed by atoms with E-state index in [2.05, 4.69) is 24.1 Å². The Bertz CT molecular complexity index is 477. The number of hydrogen-bond donors (Lipinski definition) is 1. The molecular weight excluding hydrogens is 277 g/mol. The predicted molar refractivity (Wildman–Crippen MR) is 77.5 cm³/mol. The first kappa shape index (κ1) is 16.3. The van der Waals surface area contributed by atoms with Crippen LogP contribution in [0.3, 0.4) is 0 Å². The Hall–Kier alpha value is -1.07. The lowest BCUT2D eigenvalue weighted by molar-refractivity contribution is 0.162. The molecule has 0 saturated carbocycles. The SMILES string of the molecule is CC(C)NCC1CCCN(Cc2cc(F)c(F)cc2F)C1. The minimum atomic E-state index is -1.13. The number of benzene rings is 1. The van der Waals surface area contributed by atoms with E-state index in [0.717, 1.165) is 38.5 Å². The Morgan fingerprint density at radius 1 is 1.19 bits per heavy atom. The van der Waals surface area contributed by atoms with Gasteiger partial charge < -0.3 is 5.32 Å². The lowest BCUT2D eigenvalue weighted by Crippen LogP contribution is -2.40. The number of nitrogens with one attached hydrogen (secondary N) is 1. The first-order valence-electron chi connectivity index (χ1n) is 7.55. The number of nitrogens with zero attached hydrogens (tertiary/aromatic N) is 1. The maximum atomic E-state index is 13.7. The molecule has 1 N–H and O–H groups in total. The number of rotatable bonds is 5. The van der Waals surface area contributed by atoms with Gasteiger partial charge in [-0.15, -0.1) is 0 Å². The highest BCUT2D eigenvalue weighted by Crippen LogP contribution is 2.21. The van der Waals surface area contributed by atoms with Crippen molar-refractivity contribution in [1.29, 1.82) is 0 Å². The average molecular weight is 300 g/mol. The fraction of sp³-hybridized carbons (Fsp3) is 0.625.